The molecular weight excluding hydrogens is 555 g/mol. The molecule has 5 heteroatoms. The van der Waals surface area contributed by atoms with Crippen molar-refractivity contribution in [1.82, 2.24) is 0 Å². The van der Waals surface area contributed by atoms with Crippen molar-refractivity contribution in [3.05, 3.63) is 45.2 Å². The van der Waals surface area contributed by atoms with E-state index >= 15 is 0 Å². The Kier molecular flexibility index (Phi) is 12.3. The molecule has 0 amide bonds. The van der Waals surface area contributed by atoms with Crippen molar-refractivity contribution in [2.24, 2.45) is 23.7 Å². The first-order valence-electron chi connectivity index (χ1n) is 17.3. The van der Waals surface area contributed by atoms with Crippen molar-refractivity contribution in [2.75, 3.05) is 5.75 Å². The van der Waals surface area contributed by atoms with Gasteiger partial charge in [0.2, 0.25) is 0 Å². The smallest absolute Gasteiger partial charge is 0.350 e. The van der Waals surface area contributed by atoms with Crippen LogP contribution in [0, 0.1) is 35.0 Å². The number of esters is 1. The van der Waals surface area contributed by atoms with E-state index in [-0.39, 0.29) is 16.9 Å². The van der Waals surface area contributed by atoms with Gasteiger partial charge in [0.25, 0.3) is 0 Å². The predicted molar refractivity (Wildman–Crippen MR) is 178 cm³/mol. The van der Waals surface area contributed by atoms with E-state index in [0.717, 1.165) is 52.9 Å². The normalized spacial score (nSPS) is 33.4. The van der Waals surface area contributed by atoms with Crippen molar-refractivity contribution in [2.45, 2.75) is 140 Å². The first kappa shape index (κ1) is 32.0. The lowest BCUT2D eigenvalue weighted by atomic mass is 9.70. The van der Waals surface area contributed by atoms with E-state index in [4.69, 9.17) is 4.74 Å². The van der Waals surface area contributed by atoms with Crippen molar-refractivity contribution < 1.29 is 9.53 Å². The molecule has 1 heterocycles. The topological polar surface area (TPSA) is 50.1 Å². The molecular formula is C37H53NO2S2. The maximum atomic E-state index is 13.2. The summed E-state index contributed by atoms with van der Waals surface area (Å²) in [5.41, 5.74) is 3.03. The molecule has 1 aromatic carbocycles. The van der Waals surface area contributed by atoms with Crippen molar-refractivity contribution >= 4 is 29.5 Å². The Balaban J connectivity index is 1.11. The third-order valence-corrected chi connectivity index (χ3v) is 13.7. The van der Waals surface area contributed by atoms with Crippen LogP contribution >= 0.6 is 23.5 Å². The zero-order valence-corrected chi connectivity index (χ0v) is 27.8. The molecule has 230 valence electrons. The molecule has 4 aliphatic rings. The van der Waals surface area contributed by atoms with Gasteiger partial charge in [0.05, 0.1) is 4.24 Å². The SMILES string of the molecule is CCCC1CCC(c2ccc(C3CCS/C(=C(\C#N)C(=O)OC4CCC(C5CCC(CCC)CC5)CC4)S3)cc2)CC1. The lowest BCUT2D eigenvalue weighted by Gasteiger charge is -2.37. The molecule has 0 spiro atoms. The number of carbonyl (C=O) groups is 1. The van der Waals surface area contributed by atoms with Gasteiger partial charge in [-0.15, -0.1) is 23.5 Å². The second kappa shape index (κ2) is 16.1. The van der Waals surface area contributed by atoms with Gasteiger partial charge < -0.3 is 4.74 Å². The Hall–Kier alpha value is -1.38. The molecule has 1 atom stereocenters. The van der Waals surface area contributed by atoms with Crippen LogP contribution in [0.2, 0.25) is 0 Å². The summed E-state index contributed by atoms with van der Waals surface area (Å²) >= 11 is 3.35. The summed E-state index contributed by atoms with van der Waals surface area (Å²) in [4.78, 5) is 13.2. The number of ether oxygens (including phenoxy) is 1. The van der Waals surface area contributed by atoms with Crippen LogP contribution in [0.1, 0.15) is 145 Å². The molecule has 1 unspecified atom stereocenters. The maximum Gasteiger partial charge on any atom is 0.350 e. The summed E-state index contributed by atoms with van der Waals surface area (Å²) in [6.07, 6.45) is 21.7. The number of hydrogen-bond acceptors (Lipinski definition) is 5. The second-order valence-corrected chi connectivity index (χ2v) is 16.3. The molecule has 0 radical (unpaired) electrons. The highest BCUT2D eigenvalue weighted by atomic mass is 32.2. The van der Waals surface area contributed by atoms with E-state index in [1.54, 1.807) is 23.5 Å². The molecule has 0 bridgehead atoms. The number of benzene rings is 1. The number of thioether (sulfide) groups is 2. The number of carbonyl (C=O) groups excluding carboxylic acids is 1. The van der Waals surface area contributed by atoms with Crippen LogP contribution in [-0.2, 0) is 9.53 Å². The van der Waals surface area contributed by atoms with Gasteiger partial charge in [0.15, 0.2) is 5.57 Å². The lowest BCUT2D eigenvalue weighted by molar-refractivity contribution is -0.145. The average Bonchev–Trinajstić information content (AvgIpc) is 3.03. The third-order valence-electron chi connectivity index (χ3n) is 11.0. The lowest BCUT2D eigenvalue weighted by Crippen LogP contribution is -2.30. The first-order chi connectivity index (χ1) is 20.6. The molecule has 0 N–H and O–H groups in total. The summed E-state index contributed by atoms with van der Waals surface area (Å²) in [5.74, 6) is 4.79. The van der Waals surface area contributed by atoms with Gasteiger partial charge in [-0.05, 0) is 117 Å². The van der Waals surface area contributed by atoms with Crippen molar-refractivity contribution in [3.63, 3.8) is 0 Å². The monoisotopic (exact) mass is 607 g/mol. The number of hydrogen-bond donors (Lipinski definition) is 0. The van der Waals surface area contributed by atoms with Gasteiger partial charge in [0, 0.05) is 5.25 Å². The van der Waals surface area contributed by atoms with Crippen LogP contribution in [0.15, 0.2) is 34.1 Å². The molecule has 1 saturated heterocycles. The van der Waals surface area contributed by atoms with E-state index in [1.165, 1.54) is 101 Å². The largest absolute Gasteiger partial charge is 0.458 e. The summed E-state index contributed by atoms with van der Waals surface area (Å²) in [6, 6.07) is 11.5. The van der Waals surface area contributed by atoms with Gasteiger partial charge in [-0.3, -0.25) is 0 Å². The van der Waals surface area contributed by atoms with E-state index in [1.807, 2.05) is 0 Å². The Morgan fingerprint density at radius 3 is 1.90 bits per heavy atom. The summed E-state index contributed by atoms with van der Waals surface area (Å²) in [6.45, 7) is 4.62. The molecule has 3 nitrogen and oxygen atoms in total. The molecule has 1 aromatic rings. The van der Waals surface area contributed by atoms with Crippen LogP contribution in [0.5, 0.6) is 0 Å². The highest BCUT2D eigenvalue weighted by molar-refractivity contribution is 8.23. The quantitative estimate of drug-likeness (QED) is 0.159. The fourth-order valence-corrected chi connectivity index (χ4v) is 11.3. The predicted octanol–water partition coefficient (Wildman–Crippen LogP) is 11.1. The van der Waals surface area contributed by atoms with E-state index in [9.17, 15) is 10.1 Å². The molecule has 1 aliphatic heterocycles. The van der Waals surface area contributed by atoms with E-state index < -0.39 is 5.97 Å². The minimum absolute atomic E-state index is 0.0342. The van der Waals surface area contributed by atoms with E-state index in [2.05, 4.69) is 44.2 Å². The minimum atomic E-state index is -0.398. The fourth-order valence-electron chi connectivity index (χ4n) is 8.44. The van der Waals surface area contributed by atoms with Gasteiger partial charge in [-0.25, -0.2) is 4.79 Å². The Morgan fingerprint density at radius 2 is 1.33 bits per heavy atom. The zero-order chi connectivity index (χ0) is 29.3. The Morgan fingerprint density at radius 1 is 0.786 bits per heavy atom. The number of nitriles is 1. The molecule has 0 aromatic heterocycles. The van der Waals surface area contributed by atoms with Crippen LogP contribution in [0.3, 0.4) is 0 Å². The first-order valence-corrected chi connectivity index (χ1v) is 19.2. The Labute approximate surface area is 264 Å². The summed E-state index contributed by atoms with van der Waals surface area (Å²) in [7, 11) is 0. The van der Waals surface area contributed by atoms with E-state index in [0.29, 0.717) is 5.92 Å². The van der Waals surface area contributed by atoms with Gasteiger partial charge in [-0.1, -0.05) is 76.6 Å². The molecule has 4 fully saturated rings. The second-order valence-electron chi connectivity index (χ2n) is 13.7. The zero-order valence-electron chi connectivity index (χ0n) is 26.2. The van der Waals surface area contributed by atoms with Crippen LogP contribution in [-0.4, -0.2) is 17.8 Å². The van der Waals surface area contributed by atoms with Gasteiger partial charge in [0.1, 0.15) is 12.2 Å². The molecule has 5 rings (SSSR count). The molecule has 3 aliphatic carbocycles. The molecule has 3 saturated carbocycles. The summed E-state index contributed by atoms with van der Waals surface area (Å²) < 4.78 is 6.84. The van der Waals surface area contributed by atoms with Crippen LogP contribution in [0.4, 0.5) is 0 Å². The number of rotatable bonds is 9. The fraction of sp³-hybridized carbons (Fsp3) is 0.730. The minimum Gasteiger partial charge on any atom is -0.458 e. The van der Waals surface area contributed by atoms with Crippen LogP contribution < -0.4 is 0 Å². The average molecular weight is 608 g/mol. The molecule has 42 heavy (non-hydrogen) atoms. The van der Waals surface area contributed by atoms with Gasteiger partial charge in [-0.2, -0.15) is 5.26 Å². The standard InChI is InChI=1S/C37H53NO2S2/c1-3-5-26-7-11-28(12-8-26)30-15-17-32(18-16-30)35-23-24-41-37(42-35)34(25-38)36(39)40-33-21-19-31(20-22-33)29-13-9-27(6-4-2)10-14-29/h15-18,26-29,31,33,35H,3-14,19-24H2,1-2H3/b37-34-. The third kappa shape index (κ3) is 8.41. The number of nitrogens with zero attached hydrogens (tertiary/aromatic N) is 1. The van der Waals surface area contributed by atoms with Crippen molar-refractivity contribution in [1.29, 1.82) is 5.26 Å². The van der Waals surface area contributed by atoms with Crippen molar-refractivity contribution in [3.8, 4) is 6.07 Å². The Bertz CT molecular complexity index is 1070. The highest BCUT2D eigenvalue weighted by Gasteiger charge is 2.33. The maximum absolute atomic E-state index is 13.2. The highest BCUT2D eigenvalue weighted by Crippen LogP contribution is 2.50. The summed E-state index contributed by atoms with van der Waals surface area (Å²) in [5, 5.41) is 10.3. The van der Waals surface area contributed by atoms with Gasteiger partial charge >= 0.3 is 5.97 Å². The van der Waals surface area contributed by atoms with Crippen LogP contribution in [0.25, 0.3) is 0 Å².